The monoisotopic (exact) mass is 390 g/mol. The van der Waals surface area contributed by atoms with Crippen LogP contribution < -0.4 is 0 Å². The van der Waals surface area contributed by atoms with Crippen LogP contribution in [0.25, 0.3) is 16.9 Å². The van der Waals surface area contributed by atoms with E-state index in [9.17, 15) is 19.7 Å². The number of aromatic nitrogens is 1. The van der Waals surface area contributed by atoms with Crippen molar-refractivity contribution in [2.75, 3.05) is 0 Å². The Hall–Kier alpha value is -3.54. The van der Waals surface area contributed by atoms with E-state index < -0.39 is 4.92 Å². The molecule has 0 aliphatic rings. The molecule has 3 aromatic rings. The second kappa shape index (κ2) is 7.83. The van der Waals surface area contributed by atoms with Crippen LogP contribution in [0.15, 0.2) is 48.5 Å². The molecule has 0 N–H and O–H groups in total. The molecule has 2 aromatic carbocycles. The van der Waals surface area contributed by atoms with Crippen LogP contribution in [0.4, 0.5) is 5.69 Å². The third-order valence-corrected chi connectivity index (χ3v) is 4.93. The zero-order valence-corrected chi connectivity index (χ0v) is 16.9. The van der Waals surface area contributed by atoms with E-state index in [2.05, 4.69) is 0 Å². The Bertz CT molecular complexity index is 1110. The van der Waals surface area contributed by atoms with Crippen LogP contribution in [0.5, 0.6) is 0 Å². The highest BCUT2D eigenvalue weighted by Gasteiger charge is 2.26. The van der Waals surface area contributed by atoms with Gasteiger partial charge < -0.3 is 4.57 Å². The molecule has 0 aliphatic heterocycles. The van der Waals surface area contributed by atoms with Gasteiger partial charge in [0.25, 0.3) is 5.69 Å². The van der Waals surface area contributed by atoms with Crippen LogP contribution in [0.1, 0.15) is 41.0 Å². The summed E-state index contributed by atoms with van der Waals surface area (Å²) in [5, 5.41) is 11.0. The van der Waals surface area contributed by atoms with Crippen LogP contribution in [0.2, 0.25) is 0 Å². The first-order chi connectivity index (χ1) is 13.7. The summed E-state index contributed by atoms with van der Waals surface area (Å²) in [6.07, 6.45) is 0.112. The molecule has 0 saturated heterocycles. The average Bonchev–Trinajstić information content (AvgIpc) is 2.94. The maximum absolute atomic E-state index is 12.5. The maximum atomic E-state index is 12.5. The molecule has 6 nitrogen and oxygen atoms in total. The van der Waals surface area contributed by atoms with Gasteiger partial charge in [-0.15, -0.1) is 0 Å². The summed E-state index contributed by atoms with van der Waals surface area (Å²) in [6, 6.07) is 14.1. The Morgan fingerprint density at radius 2 is 1.55 bits per heavy atom. The van der Waals surface area contributed by atoms with Gasteiger partial charge in [0.2, 0.25) is 0 Å². The molecule has 0 bridgehead atoms. The van der Waals surface area contributed by atoms with E-state index in [0.717, 1.165) is 16.9 Å². The standard InChI is InChI=1S/C23H22N2O4/c1-14-5-9-19(10-6-14)24-16(3)22(17(4)27)21(13-15(2)26)23(24)18-7-11-20(12-8-18)25(28)29/h5-12H,13H2,1-4H3. The Morgan fingerprint density at radius 3 is 2.03 bits per heavy atom. The van der Waals surface area contributed by atoms with Crippen molar-refractivity contribution in [1.82, 2.24) is 4.57 Å². The van der Waals surface area contributed by atoms with Crippen molar-refractivity contribution < 1.29 is 14.5 Å². The highest BCUT2D eigenvalue weighted by Crippen LogP contribution is 2.36. The molecule has 0 unspecified atom stereocenters. The molecule has 0 spiro atoms. The number of aryl methyl sites for hydroxylation is 1. The predicted octanol–water partition coefficient (Wildman–Crippen LogP) is 5.00. The number of nitro benzene ring substituents is 1. The summed E-state index contributed by atoms with van der Waals surface area (Å²) in [6.45, 7) is 6.83. The smallest absolute Gasteiger partial charge is 0.269 e. The number of nitro groups is 1. The van der Waals surface area contributed by atoms with Crippen molar-refractivity contribution in [3.05, 3.63) is 81.0 Å². The molecule has 6 heteroatoms. The lowest BCUT2D eigenvalue weighted by molar-refractivity contribution is -0.384. The van der Waals surface area contributed by atoms with Gasteiger partial charge >= 0.3 is 0 Å². The lowest BCUT2D eigenvalue weighted by atomic mass is 9.97. The van der Waals surface area contributed by atoms with Gasteiger partial charge in [0.05, 0.1) is 10.6 Å². The number of carbonyl (C=O) groups is 2. The summed E-state index contributed by atoms with van der Waals surface area (Å²) >= 11 is 0. The Kier molecular flexibility index (Phi) is 5.46. The number of hydrogen-bond donors (Lipinski definition) is 0. The molecule has 0 saturated carbocycles. The molecule has 1 heterocycles. The molecule has 3 rings (SSSR count). The number of rotatable bonds is 6. The zero-order chi connectivity index (χ0) is 21.3. The van der Waals surface area contributed by atoms with Gasteiger partial charge in [0.15, 0.2) is 5.78 Å². The van der Waals surface area contributed by atoms with E-state index in [1.54, 1.807) is 12.1 Å². The molecule has 0 aliphatic carbocycles. The molecule has 148 valence electrons. The minimum absolute atomic E-state index is 0.0150. The van der Waals surface area contributed by atoms with Crippen LogP contribution in [0.3, 0.4) is 0 Å². The second-order valence-corrected chi connectivity index (χ2v) is 7.20. The fourth-order valence-electron chi connectivity index (χ4n) is 3.70. The van der Waals surface area contributed by atoms with Gasteiger partial charge in [-0.3, -0.25) is 19.7 Å². The van der Waals surface area contributed by atoms with E-state index in [1.165, 1.54) is 26.0 Å². The number of benzene rings is 2. The molecule has 0 fully saturated rings. The number of carbonyl (C=O) groups excluding carboxylic acids is 2. The van der Waals surface area contributed by atoms with Gasteiger partial charge in [-0.25, -0.2) is 0 Å². The SMILES string of the molecule is CC(=O)Cc1c(C(C)=O)c(C)n(-c2ccc(C)cc2)c1-c1ccc([N+](=O)[O-])cc1. The quantitative estimate of drug-likeness (QED) is 0.337. The van der Waals surface area contributed by atoms with Crippen molar-refractivity contribution in [1.29, 1.82) is 0 Å². The minimum Gasteiger partial charge on any atom is -0.313 e. The van der Waals surface area contributed by atoms with Gasteiger partial charge in [-0.2, -0.15) is 0 Å². The number of Topliss-reactive ketones (excluding diaryl/α,β-unsaturated/α-hetero) is 2. The van der Waals surface area contributed by atoms with E-state index in [0.29, 0.717) is 22.4 Å². The molecular weight excluding hydrogens is 368 g/mol. The Labute approximate surface area is 168 Å². The van der Waals surface area contributed by atoms with Gasteiger partial charge in [0.1, 0.15) is 5.78 Å². The molecule has 1 aromatic heterocycles. The summed E-state index contributed by atoms with van der Waals surface area (Å²) in [4.78, 5) is 35.1. The van der Waals surface area contributed by atoms with E-state index in [1.807, 2.05) is 42.7 Å². The first kappa shape index (κ1) is 20.2. The lowest BCUT2D eigenvalue weighted by Crippen LogP contribution is -2.04. The maximum Gasteiger partial charge on any atom is 0.269 e. The normalized spacial score (nSPS) is 10.8. The highest BCUT2D eigenvalue weighted by molar-refractivity contribution is 6.01. The third kappa shape index (κ3) is 3.87. The van der Waals surface area contributed by atoms with Gasteiger partial charge in [0, 0.05) is 35.5 Å². The molecule has 29 heavy (non-hydrogen) atoms. The average molecular weight is 390 g/mol. The summed E-state index contributed by atoms with van der Waals surface area (Å²) in [7, 11) is 0. The lowest BCUT2D eigenvalue weighted by Gasteiger charge is -2.14. The first-order valence-corrected chi connectivity index (χ1v) is 9.27. The van der Waals surface area contributed by atoms with Crippen molar-refractivity contribution in [2.24, 2.45) is 0 Å². The second-order valence-electron chi connectivity index (χ2n) is 7.20. The highest BCUT2D eigenvalue weighted by atomic mass is 16.6. The molecule has 0 radical (unpaired) electrons. The van der Waals surface area contributed by atoms with Gasteiger partial charge in [-0.05, 0) is 63.1 Å². The Morgan fingerprint density at radius 1 is 0.966 bits per heavy atom. The predicted molar refractivity (Wildman–Crippen MR) is 112 cm³/mol. The number of non-ortho nitro benzene ring substituents is 1. The topological polar surface area (TPSA) is 82.2 Å². The fraction of sp³-hybridized carbons (Fsp3) is 0.217. The number of nitrogens with zero attached hydrogens (tertiary/aromatic N) is 2. The van der Waals surface area contributed by atoms with Crippen LogP contribution >= 0.6 is 0 Å². The van der Waals surface area contributed by atoms with Crippen LogP contribution in [-0.4, -0.2) is 21.1 Å². The minimum atomic E-state index is -0.453. The van der Waals surface area contributed by atoms with Crippen molar-refractivity contribution in [3.63, 3.8) is 0 Å². The Balaban J connectivity index is 2.37. The summed E-state index contributed by atoms with van der Waals surface area (Å²) in [5.41, 5.74) is 5.28. The molecular formula is C23H22N2O4. The largest absolute Gasteiger partial charge is 0.313 e. The molecule has 0 amide bonds. The van der Waals surface area contributed by atoms with Crippen LogP contribution in [0, 0.1) is 24.0 Å². The number of hydrogen-bond acceptors (Lipinski definition) is 4. The van der Waals surface area contributed by atoms with E-state index >= 15 is 0 Å². The van der Waals surface area contributed by atoms with Gasteiger partial charge in [-0.1, -0.05) is 17.7 Å². The third-order valence-electron chi connectivity index (χ3n) is 4.93. The zero-order valence-electron chi connectivity index (χ0n) is 16.9. The first-order valence-electron chi connectivity index (χ1n) is 9.27. The molecule has 0 atom stereocenters. The van der Waals surface area contributed by atoms with Crippen molar-refractivity contribution >= 4 is 17.3 Å². The summed E-state index contributed by atoms with van der Waals surface area (Å²) in [5.74, 6) is -0.176. The van der Waals surface area contributed by atoms with Crippen LogP contribution in [-0.2, 0) is 11.2 Å². The van der Waals surface area contributed by atoms with E-state index in [-0.39, 0.29) is 23.7 Å². The summed E-state index contributed by atoms with van der Waals surface area (Å²) < 4.78 is 1.95. The number of ketones is 2. The van der Waals surface area contributed by atoms with Crippen molar-refractivity contribution in [3.8, 4) is 16.9 Å². The van der Waals surface area contributed by atoms with Crippen molar-refractivity contribution in [2.45, 2.75) is 34.1 Å². The fourth-order valence-corrected chi connectivity index (χ4v) is 3.70. The van der Waals surface area contributed by atoms with E-state index in [4.69, 9.17) is 0 Å².